The molecule has 9 heteroatoms. The number of aromatic nitrogens is 5. The Bertz CT molecular complexity index is 1650. The third-order valence-corrected chi connectivity index (χ3v) is 8.44. The van der Waals surface area contributed by atoms with Gasteiger partial charge in [0.05, 0.1) is 30.8 Å². The van der Waals surface area contributed by atoms with Crippen molar-refractivity contribution >= 4 is 28.1 Å². The molecule has 2 fully saturated rings. The Morgan fingerprint density at radius 2 is 1.83 bits per heavy atom. The second-order valence-corrected chi connectivity index (χ2v) is 11.2. The van der Waals surface area contributed by atoms with Crippen LogP contribution < -0.4 is 10.6 Å². The van der Waals surface area contributed by atoms with Crippen LogP contribution in [0.5, 0.6) is 0 Å². The molecule has 1 saturated heterocycles. The molecule has 7 rings (SSSR count). The fourth-order valence-corrected chi connectivity index (χ4v) is 6.19. The molecule has 2 atom stereocenters. The van der Waals surface area contributed by atoms with E-state index in [-0.39, 0.29) is 0 Å². The number of morpholine rings is 1. The van der Waals surface area contributed by atoms with E-state index in [9.17, 15) is 0 Å². The predicted molar refractivity (Wildman–Crippen MR) is 167 cm³/mol. The molecule has 42 heavy (non-hydrogen) atoms. The van der Waals surface area contributed by atoms with Crippen molar-refractivity contribution < 1.29 is 4.74 Å². The molecular weight excluding hydrogens is 524 g/mol. The first-order chi connectivity index (χ1) is 20.7. The second kappa shape index (κ2) is 11.8. The molecular formula is C33H36N8O. The summed E-state index contributed by atoms with van der Waals surface area (Å²) in [4.78, 5) is 15.5. The van der Waals surface area contributed by atoms with Gasteiger partial charge >= 0.3 is 0 Å². The van der Waals surface area contributed by atoms with Gasteiger partial charge in [0.25, 0.3) is 0 Å². The second-order valence-electron chi connectivity index (χ2n) is 11.2. The van der Waals surface area contributed by atoms with Crippen LogP contribution in [0.15, 0.2) is 79.8 Å². The zero-order chi connectivity index (χ0) is 28.3. The molecule has 2 unspecified atom stereocenters. The minimum atomic E-state index is 0.437. The van der Waals surface area contributed by atoms with Crippen LogP contribution in [0.4, 0.5) is 11.5 Å². The van der Waals surface area contributed by atoms with E-state index in [1.807, 2.05) is 30.6 Å². The highest BCUT2D eigenvalue weighted by Crippen LogP contribution is 2.29. The van der Waals surface area contributed by atoms with Gasteiger partial charge in [0, 0.05) is 65.3 Å². The molecule has 0 bridgehead atoms. The van der Waals surface area contributed by atoms with Crippen molar-refractivity contribution in [1.82, 2.24) is 35.4 Å². The SMILES string of the molecule is C=C(NC1CCCC(N2CCOCC2)C1)c1cc2ccc(-c3nccc(Nc4ccc(-c5cn[nH]c5)cc4)n3)cc2[nH]1. The molecule has 0 radical (unpaired) electrons. The van der Waals surface area contributed by atoms with Gasteiger partial charge in [-0.15, -0.1) is 0 Å². The average Bonchev–Trinajstić information content (AvgIpc) is 3.73. The molecule has 0 amide bonds. The predicted octanol–water partition coefficient (Wildman–Crippen LogP) is 5.96. The van der Waals surface area contributed by atoms with E-state index in [2.05, 4.69) is 78.7 Å². The van der Waals surface area contributed by atoms with Gasteiger partial charge in [-0.05, 0) is 61.6 Å². The Morgan fingerprint density at radius 3 is 2.67 bits per heavy atom. The zero-order valence-electron chi connectivity index (χ0n) is 23.6. The first-order valence-corrected chi connectivity index (χ1v) is 14.8. The molecule has 1 aliphatic heterocycles. The lowest BCUT2D eigenvalue weighted by Gasteiger charge is -2.39. The van der Waals surface area contributed by atoms with Crippen molar-refractivity contribution in [1.29, 1.82) is 0 Å². The van der Waals surface area contributed by atoms with Crippen molar-refractivity contribution in [3.63, 3.8) is 0 Å². The summed E-state index contributed by atoms with van der Waals surface area (Å²) in [6.45, 7) is 8.19. The Morgan fingerprint density at radius 1 is 0.976 bits per heavy atom. The summed E-state index contributed by atoms with van der Waals surface area (Å²) in [7, 11) is 0. The van der Waals surface area contributed by atoms with Gasteiger partial charge in [-0.1, -0.05) is 30.8 Å². The fraction of sp³-hybridized carbons (Fsp3) is 0.303. The van der Waals surface area contributed by atoms with E-state index in [4.69, 9.17) is 9.72 Å². The van der Waals surface area contributed by atoms with Crippen LogP contribution in [0.2, 0.25) is 0 Å². The Kier molecular flexibility index (Phi) is 7.42. The fourth-order valence-electron chi connectivity index (χ4n) is 6.19. The first-order valence-electron chi connectivity index (χ1n) is 14.8. The van der Waals surface area contributed by atoms with Crippen LogP contribution in [-0.4, -0.2) is 68.4 Å². The Labute approximate surface area is 245 Å². The minimum absolute atomic E-state index is 0.437. The standard InChI is InChI=1S/C33H36N8O/c1-22(37-28-3-2-4-29(19-28)41-13-15-42-16-14-41)30-17-24-5-6-25(18-31(24)39-30)33-34-12-11-32(40-33)38-27-9-7-23(8-10-27)26-20-35-36-21-26/h5-12,17-18,20-21,28-29,37,39H,1-4,13-16,19H2,(H,35,36)(H,34,38,40). The lowest BCUT2D eigenvalue weighted by atomic mass is 9.89. The van der Waals surface area contributed by atoms with Gasteiger partial charge < -0.3 is 20.4 Å². The van der Waals surface area contributed by atoms with E-state index < -0.39 is 0 Å². The smallest absolute Gasteiger partial charge is 0.161 e. The monoisotopic (exact) mass is 560 g/mol. The van der Waals surface area contributed by atoms with E-state index in [0.717, 1.165) is 83.2 Å². The molecule has 2 aliphatic rings. The number of H-pyrrole nitrogens is 2. The number of nitrogens with zero attached hydrogens (tertiary/aromatic N) is 4. The van der Waals surface area contributed by atoms with E-state index >= 15 is 0 Å². The summed E-state index contributed by atoms with van der Waals surface area (Å²) in [5.74, 6) is 1.41. The summed E-state index contributed by atoms with van der Waals surface area (Å²) in [5.41, 5.74) is 7.07. The summed E-state index contributed by atoms with van der Waals surface area (Å²) in [6, 6.07) is 19.6. The maximum absolute atomic E-state index is 5.56. The van der Waals surface area contributed by atoms with Gasteiger partial charge in [0.1, 0.15) is 5.82 Å². The summed E-state index contributed by atoms with van der Waals surface area (Å²) < 4.78 is 5.56. The average molecular weight is 561 g/mol. The van der Waals surface area contributed by atoms with E-state index in [1.165, 1.54) is 19.3 Å². The number of anilines is 2. The topological polar surface area (TPSA) is 107 Å². The maximum atomic E-state index is 5.56. The van der Waals surface area contributed by atoms with Crippen LogP contribution in [0.1, 0.15) is 31.4 Å². The van der Waals surface area contributed by atoms with Crippen molar-refractivity contribution in [3.8, 4) is 22.5 Å². The number of hydrogen-bond acceptors (Lipinski definition) is 7. The highest BCUT2D eigenvalue weighted by atomic mass is 16.5. The molecule has 214 valence electrons. The van der Waals surface area contributed by atoms with E-state index in [1.54, 1.807) is 6.20 Å². The molecule has 1 aliphatic carbocycles. The number of aromatic amines is 2. The van der Waals surface area contributed by atoms with Gasteiger partial charge in [0.2, 0.25) is 0 Å². The molecule has 3 aromatic heterocycles. The van der Waals surface area contributed by atoms with Crippen LogP contribution in [0, 0.1) is 0 Å². The molecule has 4 heterocycles. The largest absolute Gasteiger partial charge is 0.381 e. The highest BCUT2D eigenvalue weighted by molar-refractivity contribution is 5.87. The first kappa shape index (κ1) is 26.4. The normalized spacial score (nSPS) is 19.5. The summed E-state index contributed by atoms with van der Waals surface area (Å²) >= 11 is 0. The number of nitrogens with one attached hydrogen (secondary N) is 4. The Balaban J connectivity index is 1.02. The van der Waals surface area contributed by atoms with Gasteiger partial charge in [0.15, 0.2) is 5.82 Å². The Hall–Kier alpha value is -4.47. The molecule has 9 nitrogen and oxygen atoms in total. The van der Waals surface area contributed by atoms with Crippen LogP contribution in [0.3, 0.4) is 0 Å². The van der Waals surface area contributed by atoms with Gasteiger partial charge in [-0.25, -0.2) is 9.97 Å². The third-order valence-electron chi connectivity index (χ3n) is 8.44. The van der Waals surface area contributed by atoms with Crippen LogP contribution in [0.25, 0.3) is 39.1 Å². The minimum Gasteiger partial charge on any atom is -0.381 e. The molecule has 4 N–H and O–H groups in total. The van der Waals surface area contributed by atoms with E-state index in [0.29, 0.717) is 17.9 Å². The number of fused-ring (bicyclic) bond motifs is 1. The zero-order valence-corrected chi connectivity index (χ0v) is 23.6. The van der Waals surface area contributed by atoms with Crippen molar-refractivity contribution in [2.45, 2.75) is 37.8 Å². The highest BCUT2D eigenvalue weighted by Gasteiger charge is 2.28. The number of ether oxygens (including phenoxy) is 1. The van der Waals surface area contributed by atoms with Crippen LogP contribution in [-0.2, 0) is 4.74 Å². The lowest BCUT2D eigenvalue weighted by Crippen LogP contribution is -2.48. The number of hydrogen-bond donors (Lipinski definition) is 4. The summed E-state index contributed by atoms with van der Waals surface area (Å²) in [5, 5.41) is 15.1. The molecule has 1 saturated carbocycles. The quantitative estimate of drug-likeness (QED) is 0.185. The summed E-state index contributed by atoms with van der Waals surface area (Å²) in [6.07, 6.45) is 10.3. The molecule has 5 aromatic rings. The van der Waals surface area contributed by atoms with Gasteiger partial charge in [-0.3, -0.25) is 10.00 Å². The van der Waals surface area contributed by atoms with Crippen molar-refractivity contribution in [2.75, 3.05) is 31.6 Å². The molecule has 2 aromatic carbocycles. The lowest BCUT2D eigenvalue weighted by molar-refractivity contribution is 0.00606. The third kappa shape index (κ3) is 5.79. The van der Waals surface area contributed by atoms with Crippen molar-refractivity contribution in [3.05, 3.63) is 85.5 Å². The number of benzene rings is 2. The maximum Gasteiger partial charge on any atom is 0.161 e. The van der Waals surface area contributed by atoms with Crippen LogP contribution >= 0.6 is 0 Å². The number of rotatable bonds is 8. The molecule has 0 spiro atoms. The van der Waals surface area contributed by atoms with Crippen molar-refractivity contribution in [2.24, 2.45) is 0 Å². The van der Waals surface area contributed by atoms with Gasteiger partial charge in [-0.2, -0.15) is 5.10 Å².